The molecule has 1 heterocycles. The van der Waals surface area contributed by atoms with Crippen LogP contribution in [0.4, 0.5) is 0 Å². The van der Waals surface area contributed by atoms with Gasteiger partial charge in [-0.1, -0.05) is 0 Å². The van der Waals surface area contributed by atoms with E-state index in [2.05, 4.69) is 16.8 Å². The fourth-order valence-corrected chi connectivity index (χ4v) is 2.45. The van der Waals surface area contributed by atoms with Crippen molar-refractivity contribution in [1.82, 2.24) is 9.80 Å². The van der Waals surface area contributed by atoms with E-state index in [0.717, 1.165) is 12.5 Å². The predicted octanol–water partition coefficient (Wildman–Crippen LogP) is 1.51. The first-order valence-electron chi connectivity index (χ1n) is 6.43. The molecule has 0 bridgehead atoms. The van der Waals surface area contributed by atoms with Crippen LogP contribution in [0.2, 0.25) is 0 Å². The molecule has 0 aromatic carbocycles. The molecule has 1 N–H and O–H groups in total. The van der Waals surface area contributed by atoms with Crippen molar-refractivity contribution < 1.29 is 9.90 Å². The molecule has 1 aliphatic heterocycles. The van der Waals surface area contributed by atoms with Gasteiger partial charge in [0.2, 0.25) is 0 Å². The second-order valence-corrected chi connectivity index (χ2v) is 6.01. The van der Waals surface area contributed by atoms with E-state index in [1.54, 1.807) is 0 Å². The average Bonchev–Trinajstić information content (AvgIpc) is 2.58. The van der Waals surface area contributed by atoms with E-state index in [9.17, 15) is 4.79 Å². The summed E-state index contributed by atoms with van der Waals surface area (Å²) in [7, 11) is 4.19. The molecule has 1 atom stereocenters. The highest BCUT2D eigenvalue weighted by Crippen LogP contribution is 2.22. The minimum Gasteiger partial charge on any atom is -0.481 e. The smallest absolute Gasteiger partial charge is 0.305 e. The summed E-state index contributed by atoms with van der Waals surface area (Å²) < 4.78 is 0. The van der Waals surface area contributed by atoms with Crippen LogP contribution in [0.3, 0.4) is 0 Å². The van der Waals surface area contributed by atoms with Gasteiger partial charge < -0.3 is 14.9 Å². The number of nitrogens with zero attached hydrogens (tertiary/aromatic N) is 2. The summed E-state index contributed by atoms with van der Waals surface area (Å²) in [6.07, 6.45) is 2.65. The molecule has 100 valence electrons. The Bertz CT molecular complexity index is 266. The minimum absolute atomic E-state index is 0.202. The molecule has 1 fully saturated rings. The van der Waals surface area contributed by atoms with E-state index >= 15 is 0 Å². The number of aliphatic carboxylic acids is 1. The molecule has 1 saturated heterocycles. The van der Waals surface area contributed by atoms with Crippen LogP contribution >= 0.6 is 0 Å². The summed E-state index contributed by atoms with van der Waals surface area (Å²) in [5.41, 5.74) is -0.254. The van der Waals surface area contributed by atoms with Gasteiger partial charge in [-0.2, -0.15) is 0 Å². The lowest BCUT2D eigenvalue weighted by Crippen LogP contribution is -2.43. The van der Waals surface area contributed by atoms with Gasteiger partial charge in [-0.25, -0.2) is 0 Å². The Balaban J connectivity index is 2.33. The zero-order valence-corrected chi connectivity index (χ0v) is 11.6. The third-order valence-corrected chi connectivity index (χ3v) is 3.98. The van der Waals surface area contributed by atoms with Crippen LogP contribution in [0.5, 0.6) is 0 Å². The third-order valence-electron chi connectivity index (χ3n) is 3.98. The lowest BCUT2D eigenvalue weighted by Gasteiger charge is -2.35. The van der Waals surface area contributed by atoms with Crippen molar-refractivity contribution >= 4 is 5.97 Å². The first kappa shape index (κ1) is 14.5. The molecule has 0 aliphatic carbocycles. The number of likely N-dealkylation sites (tertiary alicyclic amines) is 1. The number of hydrogen-bond acceptors (Lipinski definition) is 3. The molecular formula is C13H26N2O2. The van der Waals surface area contributed by atoms with E-state index in [4.69, 9.17) is 5.11 Å². The number of carboxylic acids is 1. The predicted molar refractivity (Wildman–Crippen MR) is 69.2 cm³/mol. The summed E-state index contributed by atoms with van der Waals surface area (Å²) in [4.78, 5) is 15.3. The Labute approximate surface area is 105 Å². The van der Waals surface area contributed by atoms with Crippen LogP contribution in [0.1, 0.15) is 33.1 Å². The Kier molecular flexibility index (Phi) is 4.95. The third kappa shape index (κ3) is 4.64. The lowest BCUT2D eigenvalue weighted by atomic mass is 9.97. The molecule has 17 heavy (non-hydrogen) atoms. The maximum atomic E-state index is 10.8. The van der Waals surface area contributed by atoms with Crippen LogP contribution in [-0.2, 0) is 4.79 Å². The summed E-state index contributed by atoms with van der Waals surface area (Å²) >= 11 is 0. The van der Waals surface area contributed by atoms with Gasteiger partial charge in [0.25, 0.3) is 0 Å². The highest BCUT2D eigenvalue weighted by Gasteiger charge is 2.27. The first-order valence-corrected chi connectivity index (χ1v) is 6.43. The summed E-state index contributed by atoms with van der Waals surface area (Å²) in [6, 6.07) is 0. The van der Waals surface area contributed by atoms with Crippen LogP contribution in [0, 0.1) is 5.92 Å². The zero-order valence-electron chi connectivity index (χ0n) is 11.6. The van der Waals surface area contributed by atoms with Crippen molar-refractivity contribution in [2.75, 3.05) is 33.7 Å². The van der Waals surface area contributed by atoms with E-state index in [0.29, 0.717) is 0 Å². The van der Waals surface area contributed by atoms with Crippen LogP contribution < -0.4 is 0 Å². The van der Waals surface area contributed by atoms with Crippen molar-refractivity contribution in [1.29, 1.82) is 0 Å². The largest absolute Gasteiger partial charge is 0.481 e. The number of carboxylic acid groups (broad SMARTS) is 1. The van der Waals surface area contributed by atoms with Gasteiger partial charge in [0.05, 0.1) is 6.42 Å². The van der Waals surface area contributed by atoms with Gasteiger partial charge in [0.15, 0.2) is 0 Å². The fraction of sp³-hybridized carbons (Fsp3) is 0.923. The van der Waals surface area contributed by atoms with E-state index in [-0.39, 0.29) is 12.0 Å². The normalized spacial score (nSPS) is 22.3. The SMILES string of the molecule is CN1CCC(CCN(C)C(C)(C)CC(=O)O)C1. The molecule has 1 rings (SSSR count). The molecule has 0 aromatic heterocycles. The topological polar surface area (TPSA) is 43.8 Å². The van der Waals surface area contributed by atoms with Gasteiger partial charge in [-0.3, -0.25) is 4.79 Å². The number of rotatable bonds is 6. The fourth-order valence-electron chi connectivity index (χ4n) is 2.45. The standard InChI is InChI=1S/C13H26N2O2/c1-13(2,9-12(16)17)15(4)8-6-11-5-7-14(3)10-11/h11H,5-10H2,1-4H3,(H,16,17). The van der Waals surface area contributed by atoms with Crippen molar-refractivity contribution in [3.63, 3.8) is 0 Å². The van der Waals surface area contributed by atoms with Crippen LogP contribution in [0.25, 0.3) is 0 Å². The van der Waals surface area contributed by atoms with E-state index in [1.165, 1.54) is 25.9 Å². The van der Waals surface area contributed by atoms with Gasteiger partial charge in [-0.15, -0.1) is 0 Å². The van der Waals surface area contributed by atoms with Crippen molar-refractivity contribution in [2.45, 2.75) is 38.6 Å². The molecule has 0 spiro atoms. The van der Waals surface area contributed by atoms with Crippen LogP contribution in [-0.4, -0.2) is 60.1 Å². The highest BCUT2D eigenvalue weighted by atomic mass is 16.4. The Morgan fingerprint density at radius 2 is 2.18 bits per heavy atom. The molecule has 0 aromatic rings. The van der Waals surface area contributed by atoms with E-state index in [1.807, 2.05) is 20.9 Å². The number of carbonyl (C=O) groups is 1. The zero-order chi connectivity index (χ0) is 13.1. The molecule has 0 saturated carbocycles. The molecular weight excluding hydrogens is 216 g/mol. The Morgan fingerprint density at radius 1 is 1.53 bits per heavy atom. The molecule has 4 nitrogen and oxygen atoms in total. The minimum atomic E-state index is -0.720. The maximum Gasteiger partial charge on any atom is 0.305 e. The molecule has 0 radical (unpaired) electrons. The van der Waals surface area contributed by atoms with Crippen LogP contribution in [0.15, 0.2) is 0 Å². The monoisotopic (exact) mass is 242 g/mol. The maximum absolute atomic E-state index is 10.8. The number of hydrogen-bond donors (Lipinski definition) is 1. The summed E-state index contributed by atoms with van der Waals surface area (Å²) in [6.45, 7) is 7.38. The van der Waals surface area contributed by atoms with Gasteiger partial charge in [0, 0.05) is 12.1 Å². The Hall–Kier alpha value is -0.610. The summed E-state index contributed by atoms with van der Waals surface area (Å²) in [5, 5.41) is 8.88. The second kappa shape index (κ2) is 5.83. The molecule has 0 amide bonds. The Morgan fingerprint density at radius 3 is 2.65 bits per heavy atom. The van der Waals surface area contributed by atoms with Gasteiger partial charge in [-0.05, 0) is 59.8 Å². The van der Waals surface area contributed by atoms with Gasteiger partial charge >= 0.3 is 5.97 Å². The van der Waals surface area contributed by atoms with Gasteiger partial charge in [0.1, 0.15) is 0 Å². The first-order chi connectivity index (χ1) is 7.81. The second-order valence-electron chi connectivity index (χ2n) is 6.01. The summed E-state index contributed by atoms with van der Waals surface area (Å²) in [5.74, 6) is 0.0607. The van der Waals surface area contributed by atoms with E-state index < -0.39 is 5.97 Å². The highest BCUT2D eigenvalue weighted by molar-refractivity contribution is 5.68. The van der Waals surface area contributed by atoms with Crippen molar-refractivity contribution in [3.8, 4) is 0 Å². The van der Waals surface area contributed by atoms with Crippen molar-refractivity contribution in [2.24, 2.45) is 5.92 Å². The quantitative estimate of drug-likeness (QED) is 0.767. The lowest BCUT2D eigenvalue weighted by molar-refractivity contribution is -0.139. The average molecular weight is 242 g/mol. The molecule has 1 aliphatic rings. The molecule has 4 heteroatoms. The molecule has 1 unspecified atom stereocenters. The van der Waals surface area contributed by atoms with Crippen molar-refractivity contribution in [3.05, 3.63) is 0 Å².